The normalized spacial score (nSPS) is 19.1. The first-order chi connectivity index (χ1) is 14.0. The van der Waals surface area contributed by atoms with E-state index in [4.69, 9.17) is 4.74 Å². The molecule has 9 heteroatoms. The summed E-state index contributed by atoms with van der Waals surface area (Å²) in [5.41, 5.74) is 2.06. The maximum Gasteiger partial charge on any atom is 0.224 e. The Balaban J connectivity index is 1.65. The molecule has 29 heavy (non-hydrogen) atoms. The summed E-state index contributed by atoms with van der Waals surface area (Å²) in [4.78, 5) is 16.2. The standard InChI is InChI=1S/C20H24FN5O2S/c1-11-6-16-18(29-11)17(19(27)26-5-4-15(26)10-28-3)25-20(24-16)23-12(2)13-7-14(21)9-22-8-13/h6-9,12,15,19,27H,4-5,10H2,1-3H3,(H,23,24,25)/t12-,15?,19?/m0/s1. The van der Waals surface area contributed by atoms with E-state index in [1.54, 1.807) is 24.6 Å². The Labute approximate surface area is 172 Å². The van der Waals surface area contributed by atoms with Gasteiger partial charge in [0.05, 0.1) is 29.1 Å². The number of fused-ring (bicyclic) bond motifs is 1. The van der Waals surface area contributed by atoms with Crippen molar-refractivity contribution in [3.05, 3.63) is 46.5 Å². The van der Waals surface area contributed by atoms with E-state index >= 15 is 0 Å². The maximum atomic E-state index is 13.5. The third-order valence-electron chi connectivity index (χ3n) is 5.20. The molecule has 1 aliphatic heterocycles. The molecule has 3 aromatic rings. The van der Waals surface area contributed by atoms with Crippen molar-refractivity contribution in [2.45, 2.75) is 38.6 Å². The van der Waals surface area contributed by atoms with Crippen LogP contribution >= 0.6 is 11.3 Å². The number of pyridine rings is 1. The van der Waals surface area contributed by atoms with Crippen LogP contribution in [0.2, 0.25) is 0 Å². The molecule has 0 bridgehead atoms. The minimum atomic E-state index is -0.834. The zero-order valence-corrected chi connectivity index (χ0v) is 17.4. The van der Waals surface area contributed by atoms with E-state index < -0.39 is 6.23 Å². The predicted octanol–water partition coefficient (Wildman–Crippen LogP) is 3.42. The van der Waals surface area contributed by atoms with Gasteiger partial charge < -0.3 is 15.2 Å². The van der Waals surface area contributed by atoms with E-state index in [9.17, 15) is 9.50 Å². The molecule has 3 atom stereocenters. The van der Waals surface area contributed by atoms with Crippen LogP contribution in [-0.2, 0) is 4.74 Å². The number of halogens is 1. The minimum absolute atomic E-state index is 0.176. The van der Waals surface area contributed by atoms with E-state index in [1.807, 2.05) is 24.8 Å². The number of hydrogen-bond donors (Lipinski definition) is 2. The Bertz CT molecular complexity index is 1010. The fraction of sp³-hybridized carbons (Fsp3) is 0.450. The summed E-state index contributed by atoms with van der Waals surface area (Å²) in [6.45, 7) is 5.26. The van der Waals surface area contributed by atoms with Gasteiger partial charge >= 0.3 is 0 Å². The highest BCUT2D eigenvalue weighted by atomic mass is 32.1. The van der Waals surface area contributed by atoms with Gasteiger partial charge in [-0.05, 0) is 38.0 Å². The van der Waals surface area contributed by atoms with E-state index in [1.165, 1.54) is 12.3 Å². The number of thiophene rings is 1. The van der Waals surface area contributed by atoms with Gasteiger partial charge in [-0.15, -0.1) is 11.3 Å². The van der Waals surface area contributed by atoms with Crippen molar-refractivity contribution in [3.63, 3.8) is 0 Å². The van der Waals surface area contributed by atoms with E-state index in [2.05, 4.69) is 20.3 Å². The molecule has 2 N–H and O–H groups in total. The van der Waals surface area contributed by atoms with Gasteiger partial charge in [-0.25, -0.2) is 14.4 Å². The lowest BCUT2D eigenvalue weighted by molar-refractivity contribution is -0.0978. The summed E-state index contributed by atoms with van der Waals surface area (Å²) in [5.74, 6) is 0.00369. The molecular weight excluding hydrogens is 393 g/mol. The Kier molecular flexibility index (Phi) is 5.73. The highest BCUT2D eigenvalue weighted by Gasteiger charge is 2.35. The number of nitrogens with zero attached hydrogens (tertiary/aromatic N) is 4. The van der Waals surface area contributed by atoms with Crippen molar-refractivity contribution in [2.75, 3.05) is 25.6 Å². The van der Waals surface area contributed by atoms with Crippen molar-refractivity contribution >= 4 is 27.5 Å². The molecule has 0 aromatic carbocycles. The summed E-state index contributed by atoms with van der Waals surface area (Å²) >= 11 is 1.57. The molecule has 0 radical (unpaired) electrons. The Hall–Kier alpha value is -2.20. The summed E-state index contributed by atoms with van der Waals surface area (Å²) < 4.78 is 19.6. The van der Waals surface area contributed by atoms with Gasteiger partial charge in [-0.3, -0.25) is 9.88 Å². The first-order valence-electron chi connectivity index (χ1n) is 9.54. The molecule has 0 amide bonds. The predicted molar refractivity (Wildman–Crippen MR) is 110 cm³/mol. The molecule has 4 heterocycles. The summed E-state index contributed by atoms with van der Waals surface area (Å²) in [6, 6.07) is 3.35. The average Bonchev–Trinajstić information content (AvgIpc) is 3.04. The SMILES string of the molecule is COCC1CCN1C(O)c1nc(N[C@@H](C)c2cncc(F)c2)nc2cc(C)sc12. The number of anilines is 1. The van der Waals surface area contributed by atoms with Crippen LogP contribution < -0.4 is 5.32 Å². The quantitative estimate of drug-likeness (QED) is 0.609. The fourth-order valence-electron chi connectivity index (χ4n) is 3.56. The van der Waals surface area contributed by atoms with Crippen LogP contribution in [0.3, 0.4) is 0 Å². The van der Waals surface area contributed by atoms with Gasteiger partial charge in [0.2, 0.25) is 5.95 Å². The number of rotatable bonds is 7. The second kappa shape index (κ2) is 8.27. The van der Waals surface area contributed by atoms with E-state index in [-0.39, 0.29) is 17.9 Å². The molecular formula is C20H24FN5O2S. The lowest BCUT2D eigenvalue weighted by atomic mass is 10.0. The Morgan fingerprint density at radius 2 is 2.21 bits per heavy atom. The molecule has 0 saturated carbocycles. The highest BCUT2D eigenvalue weighted by molar-refractivity contribution is 7.19. The first kappa shape index (κ1) is 20.1. The zero-order chi connectivity index (χ0) is 20.5. The molecule has 7 nitrogen and oxygen atoms in total. The molecule has 154 valence electrons. The van der Waals surface area contributed by atoms with Crippen LogP contribution in [0.5, 0.6) is 0 Å². The summed E-state index contributed by atoms with van der Waals surface area (Å²) in [5, 5.41) is 14.3. The van der Waals surface area contributed by atoms with Gasteiger partial charge in [0, 0.05) is 30.8 Å². The maximum absolute atomic E-state index is 13.5. The number of methoxy groups -OCH3 is 1. The number of aliphatic hydroxyl groups is 1. The topological polar surface area (TPSA) is 83.4 Å². The minimum Gasteiger partial charge on any atom is -0.383 e. The number of aromatic nitrogens is 3. The third kappa shape index (κ3) is 4.09. The smallest absolute Gasteiger partial charge is 0.224 e. The van der Waals surface area contributed by atoms with Crippen LogP contribution in [0.1, 0.15) is 41.7 Å². The number of aryl methyl sites for hydroxylation is 1. The number of aliphatic hydroxyl groups excluding tert-OH is 1. The van der Waals surface area contributed by atoms with Crippen molar-refractivity contribution in [1.29, 1.82) is 0 Å². The number of ether oxygens (including phenoxy) is 1. The molecule has 1 fully saturated rings. The largest absolute Gasteiger partial charge is 0.383 e. The molecule has 4 rings (SSSR count). The molecule has 3 aromatic heterocycles. The summed E-state index contributed by atoms with van der Waals surface area (Å²) in [7, 11) is 1.67. The molecule has 0 aliphatic carbocycles. The molecule has 0 spiro atoms. The monoisotopic (exact) mass is 417 g/mol. The molecule has 2 unspecified atom stereocenters. The van der Waals surface area contributed by atoms with Crippen molar-refractivity contribution in [2.24, 2.45) is 0 Å². The van der Waals surface area contributed by atoms with Crippen molar-refractivity contribution in [1.82, 2.24) is 19.9 Å². The highest BCUT2D eigenvalue weighted by Crippen LogP contribution is 2.35. The molecule has 1 saturated heterocycles. The lowest BCUT2D eigenvalue weighted by Crippen LogP contribution is -2.51. The lowest BCUT2D eigenvalue weighted by Gasteiger charge is -2.43. The van der Waals surface area contributed by atoms with Crippen LogP contribution in [0.25, 0.3) is 10.2 Å². The second-order valence-electron chi connectivity index (χ2n) is 7.32. The van der Waals surface area contributed by atoms with Gasteiger partial charge in [0.15, 0.2) is 6.23 Å². The van der Waals surface area contributed by atoms with Crippen molar-refractivity contribution < 1.29 is 14.2 Å². The van der Waals surface area contributed by atoms with E-state index in [0.29, 0.717) is 23.8 Å². The van der Waals surface area contributed by atoms with Gasteiger partial charge in [-0.2, -0.15) is 0 Å². The fourth-order valence-corrected chi connectivity index (χ4v) is 4.52. The number of hydrogen-bond acceptors (Lipinski definition) is 8. The van der Waals surface area contributed by atoms with Gasteiger partial charge in [-0.1, -0.05) is 0 Å². The Morgan fingerprint density at radius 1 is 1.38 bits per heavy atom. The van der Waals surface area contributed by atoms with Crippen molar-refractivity contribution in [3.8, 4) is 0 Å². The number of likely N-dealkylation sites (tertiary alicyclic amines) is 1. The average molecular weight is 418 g/mol. The van der Waals surface area contributed by atoms with Gasteiger partial charge in [0.25, 0.3) is 0 Å². The number of nitrogens with one attached hydrogen (secondary N) is 1. The second-order valence-corrected chi connectivity index (χ2v) is 8.57. The first-order valence-corrected chi connectivity index (χ1v) is 10.4. The Morgan fingerprint density at radius 3 is 2.90 bits per heavy atom. The van der Waals surface area contributed by atoms with Crippen LogP contribution in [0, 0.1) is 12.7 Å². The third-order valence-corrected chi connectivity index (χ3v) is 6.26. The van der Waals surface area contributed by atoms with Crippen LogP contribution in [-0.4, -0.2) is 51.3 Å². The van der Waals surface area contributed by atoms with Crippen LogP contribution in [0.4, 0.5) is 10.3 Å². The van der Waals surface area contributed by atoms with E-state index in [0.717, 1.165) is 28.1 Å². The van der Waals surface area contributed by atoms with Gasteiger partial charge in [0.1, 0.15) is 11.5 Å². The summed E-state index contributed by atoms with van der Waals surface area (Å²) in [6.07, 6.45) is 2.93. The van der Waals surface area contributed by atoms with Crippen LogP contribution in [0.15, 0.2) is 24.5 Å². The zero-order valence-electron chi connectivity index (χ0n) is 16.6. The molecule has 1 aliphatic rings.